The zero-order valence-electron chi connectivity index (χ0n) is 16.2. The van der Waals surface area contributed by atoms with Gasteiger partial charge in [-0.3, -0.25) is 9.52 Å². The number of unbranched alkanes of at least 4 members (excludes halogenated alkanes) is 4. The summed E-state index contributed by atoms with van der Waals surface area (Å²) < 4.78 is 46.9. The fourth-order valence-electron chi connectivity index (χ4n) is 2.78. The number of ketones is 1. The number of sulfonamides is 1. The predicted octanol–water partition coefficient (Wildman–Crippen LogP) is 5.18. The minimum atomic E-state index is -3.96. The number of Topliss-reactive ketones (excluding diaryl/α,β-unsaturated/α-hetero) is 1. The van der Waals surface area contributed by atoms with Crippen molar-refractivity contribution in [3.63, 3.8) is 0 Å². The topological polar surface area (TPSA) is 72.5 Å². The van der Waals surface area contributed by atoms with Crippen molar-refractivity contribution in [1.29, 1.82) is 0 Å². The van der Waals surface area contributed by atoms with Crippen LogP contribution in [0.1, 0.15) is 56.3 Å². The van der Waals surface area contributed by atoms with Crippen LogP contribution in [0.4, 0.5) is 10.1 Å². The molecule has 0 saturated heterocycles. The Kier molecular flexibility index (Phi) is 7.99. The van der Waals surface area contributed by atoms with E-state index >= 15 is 0 Å². The summed E-state index contributed by atoms with van der Waals surface area (Å²) in [5, 5.41) is 0. The molecule has 2 rings (SSSR count). The van der Waals surface area contributed by atoms with Crippen LogP contribution < -0.4 is 9.46 Å². The van der Waals surface area contributed by atoms with Gasteiger partial charge in [0.1, 0.15) is 11.6 Å². The quantitative estimate of drug-likeness (QED) is 0.412. The third-order valence-corrected chi connectivity index (χ3v) is 5.64. The molecule has 0 atom stereocenters. The number of halogens is 1. The van der Waals surface area contributed by atoms with E-state index in [4.69, 9.17) is 4.74 Å². The number of hydrogen-bond donors (Lipinski definition) is 1. The largest absolute Gasteiger partial charge is 0.494 e. The lowest BCUT2D eigenvalue weighted by atomic mass is 10.1. The van der Waals surface area contributed by atoms with Crippen molar-refractivity contribution >= 4 is 21.5 Å². The van der Waals surface area contributed by atoms with Gasteiger partial charge in [-0.15, -0.1) is 0 Å². The molecule has 0 fully saturated rings. The molecule has 0 aliphatic rings. The van der Waals surface area contributed by atoms with E-state index in [-0.39, 0.29) is 16.1 Å². The van der Waals surface area contributed by atoms with Gasteiger partial charge in [0.15, 0.2) is 5.78 Å². The van der Waals surface area contributed by atoms with E-state index in [2.05, 4.69) is 11.6 Å². The second-order valence-corrected chi connectivity index (χ2v) is 8.24. The van der Waals surface area contributed by atoms with Crippen molar-refractivity contribution in [3.05, 3.63) is 53.8 Å². The van der Waals surface area contributed by atoms with Crippen molar-refractivity contribution < 1.29 is 22.3 Å². The van der Waals surface area contributed by atoms with Crippen LogP contribution in [-0.4, -0.2) is 20.8 Å². The molecule has 0 bridgehead atoms. The van der Waals surface area contributed by atoms with Crippen LogP contribution in [0.3, 0.4) is 0 Å². The standard InChI is InChI=1S/C21H26FNO4S/c1-3-4-5-6-7-15-27-17-11-13-18(14-12-17)28(25,26)23-20-10-8-9-19(22)21(20)16(2)24/h8-14,23H,3-7,15H2,1-2H3. The highest BCUT2D eigenvalue weighted by molar-refractivity contribution is 7.92. The molecule has 5 nitrogen and oxygen atoms in total. The van der Waals surface area contributed by atoms with Gasteiger partial charge in [-0.05, 0) is 49.7 Å². The van der Waals surface area contributed by atoms with Crippen LogP contribution in [0.25, 0.3) is 0 Å². The second kappa shape index (κ2) is 10.2. The van der Waals surface area contributed by atoms with E-state index in [0.29, 0.717) is 12.4 Å². The number of benzene rings is 2. The highest BCUT2D eigenvalue weighted by Gasteiger charge is 2.19. The smallest absolute Gasteiger partial charge is 0.261 e. The Morgan fingerprint density at radius 2 is 1.71 bits per heavy atom. The maximum Gasteiger partial charge on any atom is 0.261 e. The lowest BCUT2D eigenvalue weighted by molar-refractivity contribution is 0.101. The van der Waals surface area contributed by atoms with Crippen LogP contribution in [0, 0.1) is 5.82 Å². The highest BCUT2D eigenvalue weighted by atomic mass is 32.2. The molecule has 0 heterocycles. The van der Waals surface area contributed by atoms with Gasteiger partial charge in [-0.25, -0.2) is 12.8 Å². The van der Waals surface area contributed by atoms with Crippen LogP contribution in [0.15, 0.2) is 47.4 Å². The first-order chi connectivity index (χ1) is 13.3. The number of hydrogen-bond acceptors (Lipinski definition) is 4. The molecule has 1 N–H and O–H groups in total. The first kappa shape index (κ1) is 21.9. The molecule has 2 aromatic rings. The van der Waals surface area contributed by atoms with E-state index in [1.807, 2.05) is 0 Å². The van der Waals surface area contributed by atoms with Crippen molar-refractivity contribution in [3.8, 4) is 5.75 Å². The van der Waals surface area contributed by atoms with Gasteiger partial charge in [-0.1, -0.05) is 38.7 Å². The minimum Gasteiger partial charge on any atom is -0.494 e. The molecule has 0 spiro atoms. The molecular weight excluding hydrogens is 381 g/mol. The summed E-state index contributed by atoms with van der Waals surface area (Å²) in [6.45, 7) is 3.93. The van der Waals surface area contributed by atoms with E-state index in [0.717, 1.165) is 18.9 Å². The van der Waals surface area contributed by atoms with E-state index in [9.17, 15) is 17.6 Å². The normalized spacial score (nSPS) is 11.2. The molecule has 2 aromatic carbocycles. The van der Waals surface area contributed by atoms with Crippen LogP contribution in [0.2, 0.25) is 0 Å². The summed E-state index contributed by atoms with van der Waals surface area (Å²) in [4.78, 5) is 11.6. The maximum atomic E-state index is 13.9. The predicted molar refractivity (Wildman–Crippen MR) is 108 cm³/mol. The summed E-state index contributed by atoms with van der Waals surface area (Å²) in [5.74, 6) is -0.738. The van der Waals surface area contributed by atoms with Crippen LogP contribution in [-0.2, 0) is 10.0 Å². The third kappa shape index (κ3) is 6.05. The average molecular weight is 408 g/mol. The Bertz CT molecular complexity index is 895. The fraction of sp³-hybridized carbons (Fsp3) is 0.381. The van der Waals surface area contributed by atoms with Crippen LogP contribution >= 0.6 is 0 Å². The number of ether oxygens (including phenoxy) is 1. The third-order valence-electron chi connectivity index (χ3n) is 4.26. The number of rotatable bonds is 11. The monoisotopic (exact) mass is 407 g/mol. The SMILES string of the molecule is CCCCCCCOc1ccc(S(=O)(=O)Nc2cccc(F)c2C(C)=O)cc1. The molecule has 28 heavy (non-hydrogen) atoms. The zero-order valence-corrected chi connectivity index (χ0v) is 17.0. The van der Waals surface area contributed by atoms with Crippen molar-refractivity contribution in [2.24, 2.45) is 0 Å². The number of nitrogens with one attached hydrogen (secondary N) is 1. The summed E-state index contributed by atoms with van der Waals surface area (Å²) in [5.41, 5.74) is -0.367. The second-order valence-electron chi connectivity index (χ2n) is 6.56. The first-order valence-electron chi connectivity index (χ1n) is 9.40. The summed E-state index contributed by atoms with van der Waals surface area (Å²) in [6.07, 6.45) is 5.65. The Morgan fingerprint density at radius 3 is 2.36 bits per heavy atom. The Morgan fingerprint density at radius 1 is 1.04 bits per heavy atom. The van der Waals surface area contributed by atoms with Gasteiger partial charge in [-0.2, -0.15) is 0 Å². The lowest BCUT2D eigenvalue weighted by Crippen LogP contribution is -2.16. The van der Waals surface area contributed by atoms with E-state index in [1.165, 1.54) is 50.5 Å². The van der Waals surface area contributed by atoms with Gasteiger partial charge >= 0.3 is 0 Å². The van der Waals surface area contributed by atoms with E-state index < -0.39 is 21.6 Å². The summed E-state index contributed by atoms with van der Waals surface area (Å²) in [7, 11) is -3.96. The zero-order chi connectivity index (χ0) is 20.6. The molecular formula is C21H26FNO4S. The molecule has 0 aliphatic heterocycles. The van der Waals surface area contributed by atoms with Crippen molar-refractivity contribution in [2.75, 3.05) is 11.3 Å². The highest BCUT2D eigenvalue weighted by Crippen LogP contribution is 2.24. The Hall–Kier alpha value is -2.41. The van der Waals surface area contributed by atoms with Crippen molar-refractivity contribution in [2.45, 2.75) is 50.8 Å². The van der Waals surface area contributed by atoms with Gasteiger partial charge < -0.3 is 4.74 Å². The van der Waals surface area contributed by atoms with Gasteiger partial charge in [0.25, 0.3) is 10.0 Å². The van der Waals surface area contributed by atoms with Gasteiger partial charge in [0, 0.05) is 0 Å². The van der Waals surface area contributed by atoms with Gasteiger partial charge in [0.05, 0.1) is 22.8 Å². The number of carbonyl (C=O) groups excluding carboxylic acids is 1. The molecule has 0 aromatic heterocycles. The molecule has 7 heteroatoms. The number of anilines is 1. The van der Waals surface area contributed by atoms with E-state index in [1.54, 1.807) is 12.1 Å². The molecule has 152 valence electrons. The lowest BCUT2D eigenvalue weighted by Gasteiger charge is -2.12. The summed E-state index contributed by atoms with van der Waals surface area (Å²) in [6, 6.07) is 9.81. The molecule has 0 aliphatic carbocycles. The average Bonchev–Trinajstić information content (AvgIpc) is 2.64. The molecule has 0 saturated carbocycles. The number of carbonyl (C=O) groups is 1. The molecule has 0 unspecified atom stereocenters. The Balaban J connectivity index is 2.03. The Labute approximate surface area is 166 Å². The fourth-order valence-corrected chi connectivity index (χ4v) is 3.85. The van der Waals surface area contributed by atoms with Crippen LogP contribution in [0.5, 0.6) is 5.75 Å². The maximum absolute atomic E-state index is 13.9. The van der Waals surface area contributed by atoms with Gasteiger partial charge in [0.2, 0.25) is 0 Å². The minimum absolute atomic E-state index is 0.00144. The molecule has 0 radical (unpaired) electrons. The van der Waals surface area contributed by atoms with Crippen molar-refractivity contribution in [1.82, 2.24) is 0 Å². The summed E-state index contributed by atoms with van der Waals surface area (Å²) >= 11 is 0. The molecule has 0 amide bonds. The first-order valence-corrected chi connectivity index (χ1v) is 10.9.